The second kappa shape index (κ2) is 7.42. The quantitative estimate of drug-likeness (QED) is 0.802. The van der Waals surface area contributed by atoms with E-state index < -0.39 is 15.9 Å². The van der Waals surface area contributed by atoms with Gasteiger partial charge in [0.05, 0.1) is 11.8 Å². The van der Waals surface area contributed by atoms with Crippen LogP contribution in [0.15, 0.2) is 66.1 Å². The van der Waals surface area contributed by atoms with Gasteiger partial charge in [-0.3, -0.25) is 4.79 Å². The molecule has 1 heterocycles. The average molecular weight is 376 g/mol. The molecule has 0 unspecified atom stereocenters. The minimum atomic E-state index is -3.26. The lowest BCUT2D eigenvalue weighted by Crippen LogP contribution is -2.41. The van der Waals surface area contributed by atoms with E-state index in [9.17, 15) is 13.2 Å². The Kier molecular flexibility index (Phi) is 5.25. The van der Waals surface area contributed by atoms with Crippen molar-refractivity contribution in [2.75, 3.05) is 10.7 Å². The first-order chi connectivity index (χ1) is 11.9. The molecule has 6 heteroatoms. The second-order valence-electron chi connectivity index (χ2n) is 5.95. The number of anilines is 1. The number of carbonyl (C=O) groups is 1. The number of aryl methyl sites for hydroxylation is 1. The summed E-state index contributed by atoms with van der Waals surface area (Å²) in [5, 5.41) is 1.75. The summed E-state index contributed by atoms with van der Waals surface area (Å²) in [5.41, 5.74) is 1.72. The summed E-state index contributed by atoms with van der Waals surface area (Å²) in [6.07, 6.45) is 2.48. The van der Waals surface area contributed by atoms with Crippen molar-refractivity contribution in [3.8, 4) is 0 Å². The lowest BCUT2D eigenvalue weighted by atomic mass is 10.1. The van der Waals surface area contributed by atoms with Gasteiger partial charge in [0.15, 0.2) is 9.84 Å². The number of halogens is 1. The number of carbonyl (C=O) groups excluding carboxylic acids is 1. The van der Waals surface area contributed by atoms with Crippen LogP contribution in [0.3, 0.4) is 0 Å². The number of hydrogen-bond donors (Lipinski definition) is 0. The van der Waals surface area contributed by atoms with Gasteiger partial charge in [0, 0.05) is 22.5 Å². The van der Waals surface area contributed by atoms with E-state index in [1.165, 1.54) is 5.41 Å². The van der Waals surface area contributed by atoms with E-state index in [1.54, 1.807) is 35.2 Å². The predicted molar refractivity (Wildman–Crippen MR) is 100 cm³/mol. The molecule has 0 radical (unpaired) electrons. The van der Waals surface area contributed by atoms with Crippen molar-refractivity contribution in [1.29, 1.82) is 0 Å². The molecule has 0 fully saturated rings. The van der Waals surface area contributed by atoms with E-state index in [4.69, 9.17) is 11.6 Å². The number of sulfone groups is 1. The molecular formula is C19H18ClNO3S. The molecule has 25 heavy (non-hydrogen) atoms. The van der Waals surface area contributed by atoms with Gasteiger partial charge in [-0.15, -0.1) is 0 Å². The molecule has 0 aliphatic carbocycles. The van der Waals surface area contributed by atoms with E-state index in [0.29, 0.717) is 23.6 Å². The van der Waals surface area contributed by atoms with Crippen molar-refractivity contribution in [2.24, 2.45) is 0 Å². The third-order valence-corrected chi connectivity index (χ3v) is 5.72. The summed E-state index contributed by atoms with van der Waals surface area (Å²) in [5.74, 6) is -0.204. The number of nitrogens with zero attached hydrogens (tertiary/aromatic N) is 1. The van der Waals surface area contributed by atoms with Crippen LogP contribution < -0.4 is 4.90 Å². The molecule has 0 bridgehead atoms. The normalized spacial score (nSPS) is 18.2. The Morgan fingerprint density at radius 1 is 1.08 bits per heavy atom. The molecule has 0 saturated heterocycles. The van der Waals surface area contributed by atoms with E-state index in [0.717, 1.165) is 5.56 Å². The summed E-state index contributed by atoms with van der Waals surface area (Å²) in [4.78, 5) is 14.4. The number of hydrogen-bond acceptors (Lipinski definition) is 3. The molecule has 1 atom stereocenters. The molecule has 130 valence electrons. The maximum Gasteiger partial charge on any atom is 0.227 e. The Morgan fingerprint density at radius 2 is 1.76 bits per heavy atom. The van der Waals surface area contributed by atoms with Gasteiger partial charge in [0.1, 0.15) is 0 Å². The van der Waals surface area contributed by atoms with Crippen molar-refractivity contribution in [1.82, 2.24) is 0 Å². The van der Waals surface area contributed by atoms with Crippen molar-refractivity contribution < 1.29 is 13.2 Å². The van der Waals surface area contributed by atoms with Crippen LogP contribution in [0.25, 0.3) is 0 Å². The highest BCUT2D eigenvalue weighted by molar-refractivity contribution is 7.94. The Labute approximate surface area is 152 Å². The van der Waals surface area contributed by atoms with E-state index in [1.807, 2.05) is 30.3 Å². The van der Waals surface area contributed by atoms with Gasteiger partial charge in [-0.05, 0) is 42.3 Å². The SMILES string of the molecule is O=C(CCc1ccccc1)N(c1ccc(Cl)cc1)[C@@H]1C=CS(=O)(=O)C1. The maximum atomic E-state index is 12.9. The molecule has 1 aliphatic rings. The lowest BCUT2D eigenvalue weighted by molar-refractivity contribution is -0.118. The van der Waals surface area contributed by atoms with Gasteiger partial charge in [0.2, 0.25) is 5.91 Å². The molecule has 4 nitrogen and oxygen atoms in total. The molecule has 3 rings (SSSR count). The zero-order chi connectivity index (χ0) is 17.9. The first kappa shape index (κ1) is 17.7. The van der Waals surface area contributed by atoms with Crippen LogP contribution in [0.4, 0.5) is 5.69 Å². The summed E-state index contributed by atoms with van der Waals surface area (Å²) in [7, 11) is -3.26. The first-order valence-corrected chi connectivity index (χ1v) is 10.1. The maximum absolute atomic E-state index is 12.9. The van der Waals surface area contributed by atoms with E-state index >= 15 is 0 Å². The summed E-state index contributed by atoms with van der Waals surface area (Å²) >= 11 is 5.93. The fourth-order valence-electron chi connectivity index (χ4n) is 2.86. The molecule has 2 aromatic rings. The lowest BCUT2D eigenvalue weighted by Gasteiger charge is -2.28. The highest BCUT2D eigenvalue weighted by atomic mass is 35.5. The third-order valence-electron chi connectivity index (χ3n) is 4.09. The average Bonchev–Trinajstić information content (AvgIpc) is 2.95. The van der Waals surface area contributed by atoms with Crippen LogP contribution in [0, 0.1) is 0 Å². The number of amides is 1. The van der Waals surface area contributed by atoms with Gasteiger partial charge < -0.3 is 4.90 Å². The van der Waals surface area contributed by atoms with Crippen LogP contribution in [-0.2, 0) is 21.1 Å². The molecule has 0 N–H and O–H groups in total. The fourth-order valence-corrected chi connectivity index (χ4v) is 4.25. The Hall–Kier alpha value is -2.11. The Balaban J connectivity index is 1.82. The molecule has 1 amide bonds. The van der Waals surface area contributed by atoms with Crippen LogP contribution in [-0.4, -0.2) is 26.1 Å². The standard InChI is InChI=1S/C19H18ClNO3S/c20-16-7-9-17(10-8-16)21(18-12-13-25(23,24)14-18)19(22)11-6-15-4-2-1-3-5-15/h1-5,7-10,12-13,18H,6,11,14H2/t18-/m1/s1. The smallest absolute Gasteiger partial charge is 0.227 e. The van der Waals surface area contributed by atoms with Crippen LogP contribution >= 0.6 is 11.6 Å². The topological polar surface area (TPSA) is 54.5 Å². The second-order valence-corrected chi connectivity index (χ2v) is 8.32. The molecule has 1 aliphatic heterocycles. The zero-order valence-corrected chi connectivity index (χ0v) is 15.1. The monoisotopic (exact) mass is 375 g/mol. The van der Waals surface area contributed by atoms with Crippen molar-refractivity contribution in [3.63, 3.8) is 0 Å². The van der Waals surface area contributed by atoms with Crippen molar-refractivity contribution in [3.05, 3.63) is 76.7 Å². The Bertz CT molecular complexity index is 877. The summed E-state index contributed by atoms with van der Waals surface area (Å²) in [6, 6.07) is 16.1. The summed E-state index contributed by atoms with van der Waals surface area (Å²) in [6.45, 7) is 0. The van der Waals surface area contributed by atoms with E-state index in [2.05, 4.69) is 0 Å². The van der Waals surface area contributed by atoms with Crippen molar-refractivity contribution >= 4 is 33.0 Å². The third kappa shape index (κ3) is 4.50. The number of benzene rings is 2. The Morgan fingerprint density at radius 3 is 2.36 bits per heavy atom. The van der Waals surface area contributed by atoms with Crippen molar-refractivity contribution in [2.45, 2.75) is 18.9 Å². The molecule has 0 spiro atoms. The molecule has 2 aromatic carbocycles. The fraction of sp³-hybridized carbons (Fsp3) is 0.211. The minimum Gasteiger partial charge on any atom is -0.304 e. The van der Waals surface area contributed by atoms with Gasteiger partial charge in [-0.1, -0.05) is 41.9 Å². The van der Waals surface area contributed by atoms with E-state index in [-0.39, 0.29) is 11.7 Å². The predicted octanol–water partition coefficient (Wildman–Crippen LogP) is 3.62. The van der Waals surface area contributed by atoms with Crippen LogP contribution in [0.5, 0.6) is 0 Å². The largest absolute Gasteiger partial charge is 0.304 e. The molecular weight excluding hydrogens is 358 g/mol. The minimum absolute atomic E-state index is 0.0906. The van der Waals surface area contributed by atoms with Crippen LogP contribution in [0.1, 0.15) is 12.0 Å². The highest BCUT2D eigenvalue weighted by Gasteiger charge is 2.31. The van der Waals surface area contributed by atoms with Gasteiger partial charge >= 0.3 is 0 Å². The van der Waals surface area contributed by atoms with Crippen LogP contribution in [0.2, 0.25) is 5.02 Å². The van der Waals surface area contributed by atoms with Gasteiger partial charge in [0.25, 0.3) is 0 Å². The highest BCUT2D eigenvalue weighted by Crippen LogP contribution is 2.25. The first-order valence-electron chi connectivity index (χ1n) is 7.97. The zero-order valence-electron chi connectivity index (χ0n) is 13.5. The molecule has 0 aromatic heterocycles. The molecule has 0 saturated carbocycles. The summed E-state index contributed by atoms with van der Waals surface area (Å²) < 4.78 is 23.6. The number of rotatable bonds is 5. The van der Waals surface area contributed by atoms with Gasteiger partial charge in [-0.2, -0.15) is 0 Å². The van der Waals surface area contributed by atoms with Gasteiger partial charge in [-0.25, -0.2) is 8.42 Å².